The van der Waals surface area contributed by atoms with Gasteiger partial charge in [0.05, 0.1) is 12.0 Å². The number of thiazole rings is 1. The number of anilines is 1. The van der Waals surface area contributed by atoms with Crippen LogP contribution in [0.1, 0.15) is 19.3 Å². The Morgan fingerprint density at radius 2 is 2.06 bits per heavy atom. The van der Waals surface area contributed by atoms with Crippen LogP contribution in [0.25, 0.3) is 22.4 Å². The molecule has 0 radical (unpaired) electrons. The Morgan fingerprint density at radius 1 is 1.25 bits per heavy atom. The van der Waals surface area contributed by atoms with Gasteiger partial charge in [-0.2, -0.15) is 0 Å². The number of nitrogens with zero attached hydrogens (tertiary/aromatic N) is 1. The normalized spacial score (nSPS) is 11.7. The fourth-order valence-electron chi connectivity index (χ4n) is 3.02. The van der Waals surface area contributed by atoms with E-state index in [4.69, 9.17) is 25.5 Å². The molecular weight excluding hydrogens is 478 g/mol. The van der Waals surface area contributed by atoms with Crippen LogP contribution in [-0.4, -0.2) is 52.6 Å². The Labute approximate surface area is 195 Å². The van der Waals surface area contributed by atoms with E-state index in [2.05, 4.69) is 15.0 Å². The van der Waals surface area contributed by atoms with Crippen molar-refractivity contribution in [2.45, 2.75) is 24.2 Å². The van der Waals surface area contributed by atoms with Gasteiger partial charge < -0.3 is 19.2 Å². The highest BCUT2D eigenvalue weighted by molar-refractivity contribution is 7.89. The zero-order chi connectivity index (χ0) is 23.1. The van der Waals surface area contributed by atoms with Crippen molar-refractivity contribution in [1.29, 1.82) is 0 Å². The molecule has 3 rings (SSSR count). The van der Waals surface area contributed by atoms with Crippen LogP contribution in [0.15, 0.2) is 32.9 Å². The molecule has 0 bridgehead atoms. The van der Waals surface area contributed by atoms with Gasteiger partial charge in [0.25, 0.3) is 0 Å². The van der Waals surface area contributed by atoms with Gasteiger partial charge in [-0.15, -0.1) is 22.9 Å². The highest BCUT2D eigenvalue weighted by Crippen LogP contribution is 2.37. The summed E-state index contributed by atoms with van der Waals surface area (Å²) in [6.45, 7) is 0.970. The minimum absolute atomic E-state index is 0.0890. The number of furan rings is 1. The van der Waals surface area contributed by atoms with E-state index < -0.39 is 10.0 Å². The van der Waals surface area contributed by atoms with Gasteiger partial charge >= 0.3 is 0 Å². The van der Waals surface area contributed by atoms with E-state index in [1.165, 1.54) is 24.5 Å². The molecule has 12 heteroatoms. The number of carbonyl (C=O) groups is 1. The Kier molecular flexibility index (Phi) is 8.49. The van der Waals surface area contributed by atoms with Crippen molar-refractivity contribution in [3.8, 4) is 17.2 Å². The topological polar surface area (TPSA) is 120 Å². The number of hydrogen-bond acceptors (Lipinski definition) is 8. The van der Waals surface area contributed by atoms with Gasteiger partial charge in [0, 0.05) is 31.0 Å². The van der Waals surface area contributed by atoms with Gasteiger partial charge in [0.15, 0.2) is 22.2 Å². The van der Waals surface area contributed by atoms with Gasteiger partial charge in [0.1, 0.15) is 11.6 Å². The largest absolute Gasteiger partial charge is 0.493 e. The molecule has 1 aromatic carbocycles. The van der Waals surface area contributed by atoms with Crippen LogP contribution in [0.3, 0.4) is 0 Å². The second kappa shape index (κ2) is 11.1. The number of aromatic nitrogens is 1. The third-order valence-electron chi connectivity index (χ3n) is 4.56. The zero-order valence-electron chi connectivity index (χ0n) is 17.6. The molecule has 2 heterocycles. The number of unbranched alkanes of at least 4 members (excludes halogenated alkanes) is 2. The molecule has 2 N–H and O–H groups in total. The maximum atomic E-state index is 12.9. The first-order valence-electron chi connectivity index (χ1n) is 9.80. The lowest BCUT2D eigenvalue weighted by atomic mass is 10.2. The highest BCUT2D eigenvalue weighted by Gasteiger charge is 2.23. The maximum absolute atomic E-state index is 12.9. The van der Waals surface area contributed by atoms with E-state index >= 15 is 0 Å². The van der Waals surface area contributed by atoms with Crippen LogP contribution < -0.4 is 14.8 Å². The van der Waals surface area contributed by atoms with Crippen LogP contribution in [0.5, 0.6) is 5.75 Å². The molecule has 9 nitrogen and oxygen atoms in total. The number of rotatable bonds is 12. The van der Waals surface area contributed by atoms with E-state index in [-0.39, 0.29) is 16.7 Å². The number of benzene rings is 1. The summed E-state index contributed by atoms with van der Waals surface area (Å²) in [7, 11) is -0.658. The second-order valence-electron chi connectivity index (χ2n) is 6.79. The smallest absolute Gasteiger partial charge is 0.241 e. The van der Waals surface area contributed by atoms with Crippen molar-refractivity contribution in [2.24, 2.45) is 0 Å². The van der Waals surface area contributed by atoms with Crippen LogP contribution in [0.2, 0.25) is 0 Å². The lowest BCUT2D eigenvalue weighted by molar-refractivity contribution is -0.113. The first kappa shape index (κ1) is 24.5. The van der Waals surface area contributed by atoms with Gasteiger partial charge in [-0.25, -0.2) is 18.1 Å². The molecule has 0 aliphatic carbocycles. The number of nitrogens with one attached hydrogen (secondary N) is 2. The molecule has 3 aromatic rings. The third-order valence-corrected chi connectivity index (χ3v) is 7.08. The summed E-state index contributed by atoms with van der Waals surface area (Å²) in [5.74, 6) is 0.191. The summed E-state index contributed by atoms with van der Waals surface area (Å²) < 4.78 is 44.8. The molecule has 32 heavy (non-hydrogen) atoms. The Hall–Kier alpha value is -2.18. The lowest BCUT2D eigenvalue weighted by Gasteiger charge is -2.09. The Bertz CT molecular complexity index is 1180. The van der Waals surface area contributed by atoms with E-state index in [1.54, 1.807) is 24.6 Å². The molecule has 0 aliphatic heterocycles. The van der Waals surface area contributed by atoms with Gasteiger partial charge in [-0.3, -0.25) is 4.79 Å². The molecule has 2 aromatic heterocycles. The summed E-state index contributed by atoms with van der Waals surface area (Å²) in [6, 6.07) is 4.64. The fourth-order valence-corrected chi connectivity index (χ4v) is 5.06. The molecule has 0 saturated heterocycles. The maximum Gasteiger partial charge on any atom is 0.241 e. The lowest BCUT2D eigenvalue weighted by Crippen LogP contribution is -2.25. The molecule has 0 fully saturated rings. The molecule has 174 valence electrons. The number of ether oxygens (including phenoxy) is 2. The first-order valence-corrected chi connectivity index (χ1v) is 12.7. The van der Waals surface area contributed by atoms with Gasteiger partial charge in [0.2, 0.25) is 15.9 Å². The number of amides is 1. The van der Waals surface area contributed by atoms with Crippen molar-refractivity contribution in [2.75, 3.05) is 38.6 Å². The number of hydrogen-bond donors (Lipinski definition) is 2. The predicted molar refractivity (Wildman–Crippen MR) is 124 cm³/mol. The quantitative estimate of drug-likeness (QED) is 0.286. The summed E-state index contributed by atoms with van der Waals surface area (Å²) in [6.07, 6.45) is 2.43. The van der Waals surface area contributed by atoms with Crippen molar-refractivity contribution in [3.63, 3.8) is 0 Å². The summed E-state index contributed by atoms with van der Waals surface area (Å²) in [4.78, 5) is 15.9. The number of alkyl halides is 1. The predicted octanol–water partition coefficient (Wildman–Crippen LogP) is 3.84. The molecule has 1 amide bonds. The summed E-state index contributed by atoms with van der Waals surface area (Å²) >= 11 is 6.71. The number of carbonyl (C=O) groups excluding carboxylic acids is 1. The van der Waals surface area contributed by atoms with Crippen LogP contribution >= 0.6 is 22.9 Å². The fraction of sp³-hybridized carbons (Fsp3) is 0.400. The van der Waals surface area contributed by atoms with Crippen LogP contribution in [0.4, 0.5) is 5.13 Å². The van der Waals surface area contributed by atoms with Crippen molar-refractivity contribution < 1.29 is 27.1 Å². The van der Waals surface area contributed by atoms with E-state index in [9.17, 15) is 13.2 Å². The number of halogens is 1. The third kappa shape index (κ3) is 5.78. The number of methoxy groups -OCH3 is 2. The highest BCUT2D eigenvalue weighted by atomic mass is 35.5. The molecule has 0 saturated carbocycles. The van der Waals surface area contributed by atoms with Crippen LogP contribution in [-0.2, 0) is 19.6 Å². The van der Waals surface area contributed by atoms with E-state index in [1.807, 2.05) is 0 Å². The number of fused-ring (bicyclic) bond motifs is 1. The van der Waals surface area contributed by atoms with Gasteiger partial charge in [-0.1, -0.05) is 0 Å². The molecular formula is C20H24ClN3O6S2. The Morgan fingerprint density at radius 3 is 2.78 bits per heavy atom. The standard InChI is InChI=1S/C20H24ClN3O6S2/c1-28-9-5-3-4-8-22-32(26,27)17-7-6-15(29-2)19-13(17)10-16(30-19)14-12-31-20(23-14)24-18(25)11-21/h6-7,10,12,22H,3-5,8-9,11H2,1-2H3,(H,23,24,25). The molecule has 0 unspecified atom stereocenters. The monoisotopic (exact) mass is 501 g/mol. The van der Waals surface area contributed by atoms with Crippen LogP contribution in [0, 0.1) is 0 Å². The van der Waals surface area contributed by atoms with E-state index in [0.29, 0.717) is 52.9 Å². The van der Waals surface area contributed by atoms with Crippen molar-refractivity contribution >= 4 is 55.0 Å². The molecule has 0 spiro atoms. The van der Waals surface area contributed by atoms with Crippen molar-refractivity contribution in [3.05, 3.63) is 23.6 Å². The SMILES string of the molecule is COCCCCCNS(=O)(=O)c1ccc(OC)c2oc(-c3csc(NC(=O)CCl)n3)cc12. The minimum atomic E-state index is -3.77. The minimum Gasteiger partial charge on any atom is -0.493 e. The number of sulfonamides is 1. The Balaban J connectivity index is 1.87. The summed E-state index contributed by atoms with van der Waals surface area (Å²) in [5, 5.41) is 5.01. The van der Waals surface area contributed by atoms with E-state index in [0.717, 1.165) is 12.8 Å². The first-order chi connectivity index (χ1) is 15.4. The summed E-state index contributed by atoms with van der Waals surface area (Å²) in [5.41, 5.74) is 0.748. The average Bonchev–Trinajstić information content (AvgIpc) is 3.42. The second-order valence-corrected chi connectivity index (χ2v) is 9.65. The zero-order valence-corrected chi connectivity index (χ0v) is 20.0. The molecule has 0 atom stereocenters. The van der Waals surface area contributed by atoms with Gasteiger partial charge in [-0.05, 0) is 37.5 Å². The average molecular weight is 502 g/mol. The molecule has 0 aliphatic rings. The van der Waals surface area contributed by atoms with Crippen molar-refractivity contribution in [1.82, 2.24) is 9.71 Å².